The quantitative estimate of drug-likeness (QED) is 0.794. The van der Waals surface area contributed by atoms with Crippen molar-refractivity contribution in [2.24, 2.45) is 7.05 Å². The van der Waals surface area contributed by atoms with Gasteiger partial charge in [-0.05, 0) is 17.7 Å². The molecule has 0 aliphatic heterocycles. The summed E-state index contributed by atoms with van der Waals surface area (Å²) in [5, 5.41) is 2.85. The highest BCUT2D eigenvalue weighted by molar-refractivity contribution is 5.65. The largest absolute Gasteiger partial charge is 0.384 e. The van der Waals surface area contributed by atoms with E-state index in [1.807, 2.05) is 0 Å². The lowest BCUT2D eigenvalue weighted by Gasteiger charge is -2.10. The van der Waals surface area contributed by atoms with Crippen molar-refractivity contribution in [3.63, 3.8) is 0 Å². The lowest BCUT2D eigenvalue weighted by Crippen LogP contribution is -2.22. The maximum absolute atomic E-state index is 11.7. The van der Waals surface area contributed by atoms with Crippen molar-refractivity contribution < 1.29 is 1.43 Å². The Morgan fingerprint density at radius 2 is 2.14 bits per heavy atom. The molecule has 3 nitrogen and oxygen atoms in total. The second-order valence-electron chi connectivity index (χ2n) is 2.92. The number of anilines is 1. The molecule has 0 aliphatic carbocycles. The Morgan fingerprint density at radius 3 is 2.57 bits per heavy atom. The van der Waals surface area contributed by atoms with Crippen molar-refractivity contribution in [3.05, 3.63) is 40.8 Å². The van der Waals surface area contributed by atoms with Gasteiger partial charge in [-0.25, -0.2) is 0 Å². The van der Waals surface area contributed by atoms with Gasteiger partial charge >= 0.3 is 0 Å². The van der Waals surface area contributed by atoms with E-state index in [0.29, 0.717) is 5.69 Å². The molecule has 0 saturated heterocycles. The summed E-state index contributed by atoms with van der Waals surface area (Å²) in [6.07, 6.45) is 3.36. The van der Waals surface area contributed by atoms with E-state index in [9.17, 15) is 4.79 Å². The Balaban J connectivity index is 0.00000196. The first kappa shape index (κ1) is 10.3. The molecule has 0 saturated carbocycles. The van der Waals surface area contributed by atoms with Gasteiger partial charge in [-0.2, -0.15) is 0 Å². The molecule has 0 spiro atoms. The summed E-state index contributed by atoms with van der Waals surface area (Å²) in [6.45, 7) is 7.36. The number of pyridine rings is 1. The third kappa shape index (κ3) is 1.48. The summed E-state index contributed by atoms with van der Waals surface area (Å²) < 4.78 is 1.55. The monoisotopic (exact) mass is 192 g/mol. The van der Waals surface area contributed by atoms with Crippen molar-refractivity contribution in [2.45, 2.75) is 0 Å². The number of aromatic nitrogens is 1. The Labute approximate surface area is 84.9 Å². The van der Waals surface area contributed by atoms with E-state index in [0.717, 1.165) is 11.3 Å². The fraction of sp³-hybridized carbons (Fsp3) is 0.182. The molecule has 76 valence electrons. The van der Waals surface area contributed by atoms with Crippen LogP contribution in [0.15, 0.2) is 24.0 Å². The van der Waals surface area contributed by atoms with E-state index < -0.39 is 0 Å². The minimum absolute atomic E-state index is 0. The Hall–Kier alpha value is -1.77. The van der Waals surface area contributed by atoms with E-state index >= 15 is 0 Å². The summed E-state index contributed by atoms with van der Waals surface area (Å²) in [5.74, 6) is 0. The molecule has 0 bridgehead atoms. The molecule has 0 fully saturated rings. The van der Waals surface area contributed by atoms with E-state index in [4.69, 9.17) is 0 Å². The van der Waals surface area contributed by atoms with E-state index in [-0.39, 0.29) is 6.99 Å². The maximum atomic E-state index is 11.7. The molecule has 0 amide bonds. The highest BCUT2D eigenvalue weighted by atomic mass is 16.1. The molecule has 1 aromatic rings. The Kier molecular flexibility index (Phi) is 2.92. The number of nitrogens with one attached hydrogen (secondary N) is 1. The maximum Gasteiger partial charge on any atom is 0.274 e. The van der Waals surface area contributed by atoms with Crippen molar-refractivity contribution >= 4 is 17.8 Å². The van der Waals surface area contributed by atoms with Crippen LogP contribution in [0.4, 0.5) is 5.69 Å². The molecule has 1 rings (SSSR count). The fourth-order valence-electron chi connectivity index (χ4n) is 1.37. The summed E-state index contributed by atoms with van der Waals surface area (Å²) in [4.78, 5) is 11.7. The lowest BCUT2D eigenvalue weighted by molar-refractivity contribution is 0.848. The van der Waals surface area contributed by atoms with Gasteiger partial charge in [0.2, 0.25) is 0 Å². The number of hydrogen-bond donors (Lipinski definition) is 1. The zero-order chi connectivity index (χ0) is 10.7. The molecule has 0 aromatic carbocycles. The van der Waals surface area contributed by atoms with Crippen LogP contribution in [0.2, 0.25) is 0 Å². The molecule has 14 heavy (non-hydrogen) atoms. The SMILES string of the molecule is C=Cc1cc(NC)c(=O)n(C)c1C=C.[HH]. The minimum atomic E-state index is -0.0620. The average molecular weight is 192 g/mol. The van der Waals surface area contributed by atoms with Gasteiger partial charge in [0, 0.05) is 15.5 Å². The van der Waals surface area contributed by atoms with Crippen LogP contribution in [0.1, 0.15) is 12.7 Å². The summed E-state index contributed by atoms with van der Waals surface area (Å²) in [7, 11) is 3.43. The minimum Gasteiger partial charge on any atom is -0.384 e. The van der Waals surface area contributed by atoms with E-state index in [2.05, 4.69) is 18.5 Å². The van der Waals surface area contributed by atoms with Crippen LogP contribution in [0.5, 0.6) is 0 Å². The first-order valence-corrected chi connectivity index (χ1v) is 4.32. The van der Waals surface area contributed by atoms with Crippen molar-refractivity contribution in [1.82, 2.24) is 4.57 Å². The van der Waals surface area contributed by atoms with Gasteiger partial charge in [-0.3, -0.25) is 4.79 Å². The van der Waals surface area contributed by atoms with Gasteiger partial charge in [0.1, 0.15) is 5.69 Å². The van der Waals surface area contributed by atoms with Crippen LogP contribution in [0.25, 0.3) is 12.2 Å². The summed E-state index contributed by atoms with van der Waals surface area (Å²) >= 11 is 0. The lowest BCUT2D eigenvalue weighted by atomic mass is 10.1. The first-order valence-electron chi connectivity index (χ1n) is 4.32. The topological polar surface area (TPSA) is 34.0 Å². The highest BCUT2D eigenvalue weighted by Gasteiger charge is 2.06. The van der Waals surface area contributed by atoms with Gasteiger partial charge in [0.15, 0.2) is 0 Å². The average Bonchev–Trinajstić information content (AvgIpc) is 2.21. The molecule has 3 heteroatoms. The highest BCUT2D eigenvalue weighted by Crippen LogP contribution is 2.13. The first-order chi connectivity index (χ1) is 6.65. The third-order valence-corrected chi connectivity index (χ3v) is 2.17. The van der Waals surface area contributed by atoms with Crippen LogP contribution in [0, 0.1) is 0 Å². The second-order valence-corrected chi connectivity index (χ2v) is 2.92. The van der Waals surface area contributed by atoms with Crippen LogP contribution in [-0.4, -0.2) is 11.6 Å². The van der Waals surface area contributed by atoms with Gasteiger partial charge in [-0.15, -0.1) is 0 Å². The van der Waals surface area contributed by atoms with Crippen LogP contribution in [0.3, 0.4) is 0 Å². The standard InChI is InChI=1S/C11H14N2O.H2/c1-5-8-7-9(12-3)11(14)13(4)10(8)6-2;/h5-7,12H,1-2H2,3-4H3;1H. The predicted molar refractivity (Wildman–Crippen MR) is 63.5 cm³/mol. The van der Waals surface area contributed by atoms with E-state index in [1.54, 1.807) is 36.9 Å². The van der Waals surface area contributed by atoms with Crippen LogP contribution < -0.4 is 10.9 Å². The van der Waals surface area contributed by atoms with Crippen molar-refractivity contribution in [1.29, 1.82) is 0 Å². The number of nitrogens with zero attached hydrogens (tertiary/aromatic N) is 1. The smallest absolute Gasteiger partial charge is 0.274 e. The molecule has 1 heterocycles. The Bertz CT molecular complexity index is 435. The van der Waals surface area contributed by atoms with Crippen LogP contribution in [-0.2, 0) is 7.05 Å². The molecular weight excluding hydrogens is 176 g/mol. The summed E-state index contributed by atoms with van der Waals surface area (Å²) in [5.41, 5.74) is 2.18. The van der Waals surface area contributed by atoms with E-state index in [1.165, 1.54) is 0 Å². The molecule has 0 aliphatic rings. The molecular formula is C11H16N2O. The summed E-state index contributed by atoms with van der Waals surface area (Å²) in [6, 6.07) is 1.77. The van der Waals surface area contributed by atoms with Gasteiger partial charge in [0.05, 0.1) is 5.69 Å². The van der Waals surface area contributed by atoms with Gasteiger partial charge in [-0.1, -0.05) is 19.2 Å². The zero-order valence-electron chi connectivity index (χ0n) is 8.50. The van der Waals surface area contributed by atoms with Crippen molar-refractivity contribution in [3.8, 4) is 0 Å². The third-order valence-electron chi connectivity index (χ3n) is 2.17. The van der Waals surface area contributed by atoms with Crippen LogP contribution >= 0.6 is 0 Å². The number of rotatable bonds is 3. The zero-order valence-corrected chi connectivity index (χ0v) is 8.50. The number of hydrogen-bond acceptors (Lipinski definition) is 2. The normalized spacial score (nSPS) is 9.57. The molecule has 0 atom stereocenters. The molecule has 1 N–H and O–H groups in total. The second kappa shape index (κ2) is 3.96. The van der Waals surface area contributed by atoms with Gasteiger partial charge in [0.25, 0.3) is 5.56 Å². The predicted octanol–water partition coefficient (Wildman–Crippen LogP) is 1.96. The van der Waals surface area contributed by atoms with Crippen molar-refractivity contribution in [2.75, 3.05) is 12.4 Å². The fourth-order valence-corrected chi connectivity index (χ4v) is 1.37. The molecule has 1 aromatic heterocycles. The molecule has 0 radical (unpaired) electrons. The Morgan fingerprint density at radius 1 is 1.50 bits per heavy atom. The van der Waals surface area contributed by atoms with Gasteiger partial charge < -0.3 is 9.88 Å². The molecule has 0 unspecified atom stereocenters.